The van der Waals surface area contributed by atoms with Crippen molar-refractivity contribution in [1.29, 1.82) is 0 Å². The molecule has 0 saturated carbocycles. The molecule has 1 aliphatic carbocycles. The number of aryl methyl sites for hydroxylation is 4. The normalized spacial score (nSPS) is 13.2. The Bertz CT molecular complexity index is 1940. The molecule has 45 heavy (non-hydrogen) atoms. The molecule has 0 spiro atoms. The molecule has 0 heterocycles. The summed E-state index contributed by atoms with van der Waals surface area (Å²) in [5.41, 5.74) is 11.6. The van der Waals surface area contributed by atoms with Gasteiger partial charge < -0.3 is 19.7 Å². The maximum absolute atomic E-state index is 9.31. The zero-order valence-corrected chi connectivity index (χ0v) is 26.3. The predicted molar refractivity (Wildman–Crippen MR) is 183 cm³/mol. The van der Waals surface area contributed by atoms with Crippen molar-refractivity contribution < 1.29 is 19.7 Å². The zero-order valence-electron chi connectivity index (χ0n) is 26.3. The van der Waals surface area contributed by atoms with Crippen LogP contribution >= 0.6 is 0 Å². The highest BCUT2D eigenvalue weighted by Crippen LogP contribution is 2.57. The first-order valence-electron chi connectivity index (χ1n) is 15.6. The Kier molecular flexibility index (Phi) is 7.35. The molecular formula is C41H38O4. The van der Waals surface area contributed by atoms with E-state index in [4.69, 9.17) is 9.47 Å². The molecule has 0 radical (unpaired) electrons. The number of aliphatic hydroxyl groups is 2. The minimum absolute atomic E-state index is 0.0150. The van der Waals surface area contributed by atoms with E-state index in [1.165, 1.54) is 44.5 Å². The van der Waals surface area contributed by atoms with Gasteiger partial charge in [-0.15, -0.1) is 0 Å². The maximum Gasteiger partial charge on any atom is 0.122 e. The average molecular weight is 595 g/mol. The summed E-state index contributed by atoms with van der Waals surface area (Å²) in [6.45, 7) is 9.04. The third-order valence-electron chi connectivity index (χ3n) is 9.49. The van der Waals surface area contributed by atoms with E-state index >= 15 is 0 Å². The molecule has 2 N–H and O–H groups in total. The Morgan fingerprint density at radius 1 is 0.511 bits per heavy atom. The second kappa shape index (κ2) is 11.4. The molecule has 0 saturated heterocycles. The monoisotopic (exact) mass is 594 g/mol. The average Bonchev–Trinajstić information content (AvgIpc) is 3.33. The first-order chi connectivity index (χ1) is 21.9. The first-order valence-corrected chi connectivity index (χ1v) is 15.6. The second-order valence-corrected chi connectivity index (χ2v) is 12.2. The summed E-state index contributed by atoms with van der Waals surface area (Å²) >= 11 is 0. The first kappa shape index (κ1) is 29.1. The standard InChI is InChI=1S/C41H38O4/c1-25-5-11-35-36-12-6-26(2)22-38(36)41(37(35)21-25,31-9-13-33-27(3)39(44-19-17-42)15-7-29(33)23-31)32-10-14-34-28(4)40(45-20-18-43)16-8-30(34)24-32/h5-16,21-24,42-43H,17-20H2,1-4H3. The van der Waals surface area contributed by atoms with Gasteiger partial charge >= 0.3 is 0 Å². The van der Waals surface area contributed by atoms with Crippen molar-refractivity contribution in [2.45, 2.75) is 33.1 Å². The summed E-state index contributed by atoms with van der Waals surface area (Å²) in [7, 11) is 0. The van der Waals surface area contributed by atoms with Crippen LogP contribution in [0.4, 0.5) is 0 Å². The summed E-state index contributed by atoms with van der Waals surface area (Å²) in [4.78, 5) is 0. The molecule has 6 aromatic rings. The fourth-order valence-corrected chi connectivity index (χ4v) is 7.36. The van der Waals surface area contributed by atoms with Gasteiger partial charge in [-0.3, -0.25) is 0 Å². The number of hydrogen-bond acceptors (Lipinski definition) is 4. The highest BCUT2D eigenvalue weighted by Gasteiger charge is 2.46. The SMILES string of the molecule is Cc1ccc2c(c1)C(c1ccc3c(C)c(OCCO)ccc3c1)(c1ccc3c(C)c(OCCO)ccc3c1)c1cc(C)ccc1-2. The van der Waals surface area contributed by atoms with E-state index in [0.717, 1.165) is 44.2 Å². The number of aliphatic hydroxyl groups excluding tert-OH is 2. The smallest absolute Gasteiger partial charge is 0.122 e. The Labute approximate surface area is 264 Å². The highest BCUT2D eigenvalue weighted by atomic mass is 16.5. The fourth-order valence-electron chi connectivity index (χ4n) is 7.36. The molecule has 1 aliphatic rings. The van der Waals surface area contributed by atoms with Gasteiger partial charge in [-0.25, -0.2) is 0 Å². The molecule has 0 amide bonds. The quantitative estimate of drug-likeness (QED) is 0.186. The lowest BCUT2D eigenvalue weighted by Crippen LogP contribution is -2.29. The summed E-state index contributed by atoms with van der Waals surface area (Å²) in [5, 5.41) is 23.2. The van der Waals surface area contributed by atoms with Gasteiger partial charge in [-0.1, -0.05) is 83.9 Å². The van der Waals surface area contributed by atoms with Crippen molar-refractivity contribution >= 4 is 21.5 Å². The third kappa shape index (κ3) is 4.59. The minimum atomic E-state index is -0.537. The topological polar surface area (TPSA) is 58.9 Å². The molecule has 0 aromatic heterocycles. The molecule has 7 rings (SSSR count). The summed E-state index contributed by atoms with van der Waals surface area (Å²) in [6, 6.07) is 35.8. The van der Waals surface area contributed by atoms with Crippen LogP contribution < -0.4 is 9.47 Å². The molecular weight excluding hydrogens is 556 g/mol. The Hall–Kier alpha value is -4.64. The summed E-state index contributed by atoms with van der Waals surface area (Å²) in [6.07, 6.45) is 0. The third-order valence-corrected chi connectivity index (χ3v) is 9.49. The number of benzene rings is 6. The van der Waals surface area contributed by atoms with Crippen molar-refractivity contribution in [3.8, 4) is 22.6 Å². The van der Waals surface area contributed by atoms with Gasteiger partial charge in [0.15, 0.2) is 0 Å². The maximum atomic E-state index is 9.31. The predicted octanol–water partition coefficient (Wildman–Crippen LogP) is 8.33. The van der Waals surface area contributed by atoms with E-state index in [-0.39, 0.29) is 26.4 Å². The molecule has 226 valence electrons. The van der Waals surface area contributed by atoms with Gasteiger partial charge in [0.05, 0.1) is 18.6 Å². The van der Waals surface area contributed by atoms with E-state index in [9.17, 15) is 10.2 Å². The molecule has 0 fully saturated rings. The second-order valence-electron chi connectivity index (χ2n) is 12.2. The summed E-state index contributed by atoms with van der Waals surface area (Å²) in [5.74, 6) is 1.60. The summed E-state index contributed by atoms with van der Waals surface area (Å²) < 4.78 is 11.7. The van der Waals surface area contributed by atoms with E-state index in [2.05, 4.69) is 113 Å². The van der Waals surface area contributed by atoms with Gasteiger partial charge in [-0.05, 0) is 118 Å². The van der Waals surface area contributed by atoms with Crippen LogP contribution in [0.2, 0.25) is 0 Å². The molecule has 4 heteroatoms. The molecule has 4 nitrogen and oxygen atoms in total. The van der Waals surface area contributed by atoms with Gasteiger partial charge in [-0.2, -0.15) is 0 Å². The van der Waals surface area contributed by atoms with Crippen molar-refractivity contribution in [1.82, 2.24) is 0 Å². The Morgan fingerprint density at radius 3 is 1.38 bits per heavy atom. The molecule has 0 atom stereocenters. The molecule has 6 aromatic carbocycles. The van der Waals surface area contributed by atoms with Gasteiger partial charge in [0.1, 0.15) is 24.7 Å². The van der Waals surface area contributed by atoms with Crippen molar-refractivity contribution in [2.24, 2.45) is 0 Å². The largest absolute Gasteiger partial charge is 0.491 e. The van der Waals surface area contributed by atoms with Crippen LogP contribution in [-0.4, -0.2) is 36.6 Å². The van der Waals surface area contributed by atoms with Crippen LogP contribution in [0, 0.1) is 27.7 Å². The fraction of sp³-hybridized carbons (Fsp3) is 0.220. The lowest BCUT2D eigenvalue weighted by atomic mass is 9.66. The Balaban J connectivity index is 1.53. The highest BCUT2D eigenvalue weighted by molar-refractivity contribution is 5.94. The number of ether oxygens (including phenoxy) is 2. The van der Waals surface area contributed by atoms with Crippen LogP contribution in [0.15, 0.2) is 97.1 Å². The molecule has 0 unspecified atom stereocenters. The van der Waals surface area contributed by atoms with Gasteiger partial charge in [0.25, 0.3) is 0 Å². The number of hydrogen-bond donors (Lipinski definition) is 2. The van der Waals surface area contributed by atoms with Crippen LogP contribution in [0.3, 0.4) is 0 Å². The van der Waals surface area contributed by atoms with Crippen LogP contribution in [0.1, 0.15) is 44.5 Å². The lowest BCUT2D eigenvalue weighted by Gasteiger charge is -2.35. The zero-order chi connectivity index (χ0) is 31.3. The van der Waals surface area contributed by atoms with Crippen LogP contribution in [0.5, 0.6) is 11.5 Å². The van der Waals surface area contributed by atoms with Crippen LogP contribution in [0.25, 0.3) is 32.7 Å². The van der Waals surface area contributed by atoms with E-state index in [1.54, 1.807) is 0 Å². The van der Waals surface area contributed by atoms with Crippen molar-refractivity contribution in [3.05, 3.63) is 142 Å². The Morgan fingerprint density at radius 2 is 0.956 bits per heavy atom. The number of fused-ring (bicyclic) bond motifs is 5. The molecule has 0 bridgehead atoms. The van der Waals surface area contributed by atoms with Gasteiger partial charge in [0, 0.05) is 0 Å². The van der Waals surface area contributed by atoms with E-state index in [1.807, 2.05) is 12.1 Å². The van der Waals surface area contributed by atoms with E-state index in [0.29, 0.717) is 0 Å². The number of rotatable bonds is 8. The van der Waals surface area contributed by atoms with Crippen molar-refractivity contribution in [3.63, 3.8) is 0 Å². The van der Waals surface area contributed by atoms with E-state index < -0.39 is 5.41 Å². The van der Waals surface area contributed by atoms with Crippen molar-refractivity contribution in [2.75, 3.05) is 26.4 Å². The van der Waals surface area contributed by atoms with Gasteiger partial charge in [0.2, 0.25) is 0 Å². The molecule has 0 aliphatic heterocycles. The minimum Gasteiger partial charge on any atom is -0.491 e. The lowest BCUT2D eigenvalue weighted by molar-refractivity contribution is 0.201. The van der Waals surface area contributed by atoms with Crippen LogP contribution in [-0.2, 0) is 5.41 Å².